The Morgan fingerprint density at radius 1 is 1.19 bits per heavy atom. The molecule has 2 aromatic heterocycles. The van der Waals surface area contributed by atoms with Crippen LogP contribution in [0.5, 0.6) is 0 Å². The van der Waals surface area contributed by atoms with Gasteiger partial charge in [0.05, 0.1) is 18.2 Å². The van der Waals surface area contributed by atoms with Gasteiger partial charge in [0.1, 0.15) is 11.3 Å². The Balaban J connectivity index is 1.04. The van der Waals surface area contributed by atoms with Crippen LogP contribution in [0, 0.1) is 34.5 Å². The number of likely N-dealkylation sites (tertiary alicyclic amines) is 1. The van der Waals surface area contributed by atoms with Crippen LogP contribution >= 0.6 is 0 Å². The monoisotopic (exact) mass is 490 g/mol. The molecule has 1 spiro atoms. The Bertz CT molecular complexity index is 1200. The molecule has 0 radical (unpaired) electrons. The Morgan fingerprint density at radius 2 is 2.11 bits per heavy atom. The number of aromatic nitrogens is 2. The highest BCUT2D eigenvalue weighted by Gasteiger charge is 2.70. The largest absolute Gasteiger partial charge is 0.466 e. The molecule has 7 nitrogen and oxygen atoms in total. The maximum absolute atomic E-state index is 13.4. The summed E-state index contributed by atoms with van der Waals surface area (Å²) in [6, 6.07) is 5.79. The highest BCUT2D eigenvalue weighted by atomic mass is 16.5. The maximum Gasteiger partial charge on any atom is 0.310 e. The van der Waals surface area contributed by atoms with Gasteiger partial charge in [0, 0.05) is 25.8 Å². The molecule has 7 heteroatoms. The molecule has 4 aliphatic carbocycles. The summed E-state index contributed by atoms with van der Waals surface area (Å²) in [5.41, 5.74) is 3.35. The van der Waals surface area contributed by atoms with Crippen molar-refractivity contribution in [2.24, 2.45) is 34.5 Å². The number of hydrogen-bond acceptors (Lipinski definition) is 5. The first kappa shape index (κ1) is 22.8. The quantitative estimate of drug-likeness (QED) is 0.593. The first-order chi connectivity index (χ1) is 17.5. The average molecular weight is 491 g/mol. The zero-order valence-corrected chi connectivity index (χ0v) is 21.4. The third-order valence-electron chi connectivity index (χ3n) is 10.5. The van der Waals surface area contributed by atoms with E-state index in [1.54, 1.807) is 0 Å². The van der Waals surface area contributed by atoms with Crippen molar-refractivity contribution in [1.82, 2.24) is 19.6 Å². The summed E-state index contributed by atoms with van der Waals surface area (Å²) >= 11 is 0. The van der Waals surface area contributed by atoms with Gasteiger partial charge in [-0.1, -0.05) is 6.07 Å². The summed E-state index contributed by atoms with van der Waals surface area (Å²) in [6.07, 6.45) is 12.2. The fourth-order valence-corrected chi connectivity index (χ4v) is 9.31. The van der Waals surface area contributed by atoms with Crippen LogP contribution in [-0.4, -0.2) is 52.4 Å². The summed E-state index contributed by atoms with van der Waals surface area (Å²) < 4.78 is 7.18. The van der Waals surface area contributed by atoms with Crippen molar-refractivity contribution in [2.45, 2.75) is 64.8 Å². The molecule has 4 saturated carbocycles. The van der Waals surface area contributed by atoms with Gasteiger partial charge >= 0.3 is 5.97 Å². The Hall–Kier alpha value is -2.41. The number of piperidine rings is 1. The summed E-state index contributed by atoms with van der Waals surface area (Å²) in [5.74, 6) is 2.65. The highest BCUT2D eigenvalue weighted by Crippen LogP contribution is 2.78. The minimum Gasteiger partial charge on any atom is -0.466 e. The number of pyridine rings is 1. The number of fused-ring (bicyclic) bond motifs is 3. The minimum absolute atomic E-state index is 0.00508. The Labute approximate surface area is 213 Å². The third kappa shape index (κ3) is 3.52. The summed E-state index contributed by atoms with van der Waals surface area (Å²) in [5, 5.41) is 3.36. The molecule has 6 atom stereocenters. The van der Waals surface area contributed by atoms with Crippen LogP contribution in [0.3, 0.4) is 0 Å². The highest BCUT2D eigenvalue weighted by molar-refractivity contribution is 5.93. The minimum atomic E-state index is -0.0908. The zero-order chi connectivity index (χ0) is 24.5. The third-order valence-corrected chi connectivity index (χ3v) is 10.5. The first-order valence-corrected chi connectivity index (χ1v) is 14.1. The van der Waals surface area contributed by atoms with Gasteiger partial charge in [0.2, 0.25) is 0 Å². The second-order valence-electron chi connectivity index (χ2n) is 12.6. The number of esters is 1. The van der Waals surface area contributed by atoms with Crippen LogP contribution in [0.25, 0.3) is 5.65 Å². The first-order valence-electron chi connectivity index (χ1n) is 14.1. The smallest absolute Gasteiger partial charge is 0.310 e. The van der Waals surface area contributed by atoms with Crippen molar-refractivity contribution in [1.29, 1.82) is 0 Å². The van der Waals surface area contributed by atoms with Gasteiger partial charge in [-0.25, -0.2) is 4.98 Å². The van der Waals surface area contributed by atoms with Crippen molar-refractivity contribution in [3.63, 3.8) is 0 Å². The van der Waals surface area contributed by atoms with Gasteiger partial charge in [-0.05, 0) is 106 Å². The summed E-state index contributed by atoms with van der Waals surface area (Å²) in [7, 11) is 0. The molecule has 1 N–H and O–H groups in total. The van der Waals surface area contributed by atoms with Crippen molar-refractivity contribution >= 4 is 17.5 Å². The lowest BCUT2D eigenvalue weighted by Crippen LogP contribution is -2.43. The molecule has 1 aliphatic heterocycles. The normalized spacial score (nSPS) is 36.6. The standard InChI is InChI=1S/C29H38N4O3/c1-2-36-27(35)20-5-4-8-32(14-20)15-23-16-33-24(6-3-7-25(33)31-23)26(34)30-18-28-11-19-9-21-10-22(13-28)29(21,12-19)17-28/h3,6-7,16,19-22H,2,4-5,8-15,17-18H2,1H3,(H,30,34). The molecule has 6 unspecified atom stereocenters. The van der Waals surface area contributed by atoms with Crippen LogP contribution in [0.4, 0.5) is 0 Å². The number of carbonyl (C=O) groups excluding carboxylic acids is 2. The van der Waals surface area contributed by atoms with Crippen LogP contribution in [0.2, 0.25) is 0 Å². The number of hydrogen-bond donors (Lipinski definition) is 1. The van der Waals surface area contributed by atoms with Gasteiger partial charge in [-0.2, -0.15) is 0 Å². The zero-order valence-electron chi connectivity index (χ0n) is 21.4. The van der Waals surface area contributed by atoms with Gasteiger partial charge in [0.25, 0.3) is 5.91 Å². The van der Waals surface area contributed by atoms with Gasteiger partial charge in [0.15, 0.2) is 0 Å². The second-order valence-corrected chi connectivity index (χ2v) is 12.6. The molecule has 2 aromatic rings. The fraction of sp³-hybridized carbons (Fsp3) is 0.690. The molecule has 7 rings (SSSR count). The molecule has 1 amide bonds. The van der Waals surface area contributed by atoms with Crippen LogP contribution in [0.15, 0.2) is 24.4 Å². The number of ether oxygens (including phenoxy) is 1. The molecule has 3 heterocycles. The number of carbonyl (C=O) groups is 2. The van der Waals surface area contributed by atoms with E-state index < -0.39 is 0 Å². The predicted octanol–water partition coefficient (Wildman–Crippen LogP) is 4.06. The van der Waals surface area contributed by atoms with E-state index in [1.807, 2.05) is 35.7 Å². The lowest BCUT2D eigenvalue weighted by molar-refractivity contribution is -0.150. The molecule has 0 aromatic carbocycles. The van der Waals surface area contributed by atoms with E-state index in [0.717, 1.165) is 55.0 Å². The van der Waals surface area contributed by atoms with Crippen molar-refractivity contribution in [2.75, 3.05) is 26.2 Å². The molecule has 5 fully saturated rings. The van der Waals surface area contributed by atoms with Crippen LogP contribution in [0.1, 0.15) is 74.5 Å². The molecule has 5 aliphatic rings. The lowest BCUT2D eigenvalue weighted by atomic mass is 9.55. The number of rotatable bonds is 7. The average Bonchev–Trinajstić information content (AvgIpc) is 3.42. The van der Waals surface area contributed by atoms with E-state index in [4.69, 9.17) is 9.72 Å². The maximum atomic E-state index is 13.4. The fourth-order valence-electron chi connectivity index (χ4n) is 9.31. The van der Waals surface area contributed by atoms with Gasteiger partial charge < -0.3 is 10.1 Å². The van der Waals surface area contributed by atoms with E-state index in [1.165, 1.54) is 38.5 Å². The topological polar surface area (TPSA) is 75.9 Å². The van der Waals surface area contributed by atoms with Crippen LogP contribution < -0.4 is 5.32 Å². The van der Waals surface area contributed by atoms with Crippen LogP contribution in [-0.2, 0) is 16.1 Å². The second kappa shape index (κ2) is 8.30. The van der Waals surface area contributed by atoms with Crippen molar-refractivity contribution in [3.05, 3.63) is 35.8 Å². The van der Waals surface area contributed by atoms with Gasteiger partial charge in [-0.15, -0.1) is 0 Å². The Morgan fingerprint density at radius 3 is 3.00 bits per heavy atom. The molecule has 1 saturated heterocycles. The number of imidazole rings is 1. The molecule has 3 bridgehead atoms. The molecular formula is C29H38N4O3. The molecular weight excluding hydrogens is 452 g/mol. The van der Waals surface area contributed by atoms with Crippen molar-refractivity contribution < 1.29 is 14.3 Å². The summed E-state index contributed by atoms with van der Waals surface area (Å²) in [4.78, 5) is 32.7. The lowest BCUT2D eigenvalue weighted by Gasteiger charge is -2.49. The number of amides is 1. The van der Waals surface area contributed by atoms with E-state index in [-0.39, 0.29) is 17.8 Å². The van der Waals surface area contributed by atoms with Gasteiger partial charge in [-0.3, -0.25) is 18.9 Å². The molecule has 36 heavy (non-hydrogen) atoms. The number of nitrogens with zero attached hydrogens (tertiary/aromatic N) is 3. The SMILES string of the molecule is CCOC(=O)C1CCCN(Cc2cn3c(C(=O)NCC45CC6CC7CC(C4)C7(C6)C5)cccc3n2)C1. The van der Waals surface area contributed by atoms with E-state index in [2.05, 4.69) is 10.2 Å². The summed E-state index contributed by atoms with van der Waals surface area (Å²) in [6.45, 7) is 5.42. The molecule has 192 valence electrons. The van der Waals surface area contributed by atoms with E-state index >= 15 is 0 Å². The van der Waals surface area contributed by atoms with E-state index in [0.29, 0.717) is 36.2 Å². The Kier molecular flexibility index (Phi) is 5.25. The van der Waals surface area contributed by atoms with Crippen molar-refractivity contribution in [3.8, 4) is 0 Å². The number of nitrogens with one attached hydrogen (secondary N) is 1. The predicted molar refractivity (Wildman–Crippen MR) is 135 cm³/mol. The van der Waals surface area contributed by atoms with E-state index in [9.17, 15) is 9.59 Å².